The fourth-order valence-electron chi connectivity index (χ4n) is 2.68. The maximum atomic E-state index is 13.0. The van der Waals surface area contributed by atoms with Crippen LogP contribution in [0, 0.1) is 0 Å². The highest BCUT2D eigenvalue weighted by Gasteiger charge is 2.31. The highest BCUT2D eigenvalue weighted by Crippen LogP contribution is 2.37. The lowest BCUT2D eigenvalue weighted by Crippen LogP contribution is -2.11. The lowest BCUT2D eigenvalue weighted by Gasteiger charge is -2.17. The molecule has 0 bridgehead atoms. The fourth-order valence-corrected chi connectivity index (χ4v) is 2.68. The van der Waals surface area contributed by atoms with Gasteiger partial charge in [0.15, 0.2) is 0 Å². The van der Waals surface area contributed by atoms with E-state index in [9.17, 15) is 18.0 Å². The normalized spacial score (nSPS) is 11.3. The van der Waals surface area contributed by atoms with Crippen molar-refractivity contribution in [1.29, 1.82) is 0 Å². The molecule has 140 valence electrons. The van der Waals surface area contributed by atoms with E-state index < -0.39 is 17.7 Å². The molecular formula is C19H20F3NO3. The average molecular weight is 367 g/mol. The molecule has 1 N–H and O–H groups in total. The highest BCUT2D eigenvalue weighted by molar-refractivity contribution is 5.77. The molecule has 0 fully saturated rings. The minimum absolute atomic E-state index is 0.0650. The van der Waals surface area contributed by atoms with Gasteiger partial charge in [-0.25, -0.2) is 0 Å². The van der Waals surface area contributed by atoms with E-state index in [2.05, 4.69) is 10.1 Å². The summed E-state index contributed by atoms with van der Waals surface area (Å²) < 4.78 is 49.1. The molecule has 0 heterocycles. The van der Waals surface area contributed by atoms with E-state index >= 15 is 0 Å². The SMILES string of the molecule is CNCc1cc(C(F)(F)F)ccc1-c1cc(CC(=O)OC)ccc1OC. The first kappa shape index (κ1) is 19.8. The van der Waals surface area contributed by atoms with Crippen molar-refractivity contribution in [3.63, 3.8) is 0 Å². The Morgan fingerprint density at radius 3 is 2.38 bits per heavy atom. The van der Waals surface area contributed by atoms with Gasteiger partial charge in [0.2, 0.25) is 0 Å². The predicted molar refractivity (Wildman–Crippen MR) is 91.9 cm³/mol. The van der Waals surface area contributed by atoms with Crippen LogP contribution in [-0.2, 0) is 28.7 Å². The third kappa shape index (κ3) is 4.54. The molecule has 4 nitrogen and oxygen atoms in total. The van der Waals surface area contributed by atoms with Crippen LogP contribution < -0.4 is 10.1 Å². The zero-order chi connectivity index (χ0) is 19.3. The van der Waals surface area contributed by atoms with Gasteiger partial charge in [-0.05, 0) is 48.0 Å². The molecule has 0 aliphatic rings. The number of nitrogens with one attached hydrogen (secondary N) is 1. The lowest BCUT2D eigenvalue weighted by atomic mass is 9.94. The number of carbonyl (C=O) groups is 1. The first-order valence-corrected chi connectivity index (χ1v) is 7.89. The van der Waals surface area contributed by atoms with Crippen LogP contribution in [0.25, 0.3) is 11.1 Å². The average Bonchev–Trinajstić information content (AvgIpc) is 2.61. The monoisotopic (exact) mass is 367 g/mol. The van der Waals surface area contributed by atoms with E-state index in [1.54, 1.807) is 25.2 Å². The Morgan fingerprint density at radius 1 is 1.08 bits per heavy atom. The molecule has 0 spiro atoms. The predicted octanol–water partition coefficient (Wildman–Crippen LogP) is 3.82. The number of hydrogen-bond donors (Lipinski definition) is 1. The number of benzene rings is 2. The van der Waals surface area contributed by atoms with Crippen LogP contribution in [0.15, 0.2) is 36.4 Å². The Kier molecular flexibility index (Phi) is 6.26. The molecular weight excluding hydrogens is 347 g/mol. The van der Waals surface area contributed by atoms with Gasteiger partial charge in [0.05, 0.1) is 26.2 Å². The zero-order valence-corrected chi connectivity index (χ0v) is 14.7. The largest absolute Gasteiger partial charge is 0.496 e. The van der Waals surface area contributed by atoms with Gasteiger partial charge in [-0.3, -0.25) is 4.79 Å². The molecule has 0 aliphatic heterocycles. The summed E-state index contributed by atoms with van der Waals surface area (Å²) in [4.78, 5) is 11.5. The van der Waals surface area contributed by atoms with Gasteiger partial charge < -0.3 is 14.8 Å². The molecule has 2 aromatic carbocycles. The summed E-state index contributed by atoms with van der Waals surface area (Å²) in [6, 6.07) is 8.74. The Balaban J connectivity index is 2.57. The topological polar surface area (TPSA) is 47.6 Å². The smallest absolute Gasteiger partial charge is 0.416 e. The Labute approximate surface area is 149 Å². The molecule has 0 aromatic heterocycles. The molecule has 26 heavy (non-hydrogen) atoms. The van der Waals surface area contributed by atoms with Crippen LogP contribution >= 0.6 is 0 Å². The third-order valence-electron chi connectivity index (χ3n) is 3.93. The number of alkyl halides is 3. The number of halogens is 3. The van der Waals surface area contributed by atoms with Crippen LogP contribution in [0.5, 0.6) is 5.75 Å². The minimum Gasteiger partial charge on any atom is -0.496 e. The summed E-state index contributed by atoms with van der Waals surface area (Å²) in [6.07, 6.45) is -4.35. The standard InChI is InChI=1S/C19H20F3NO3/c1-23-11-13-10-14(19(20,21)22)5-6-15(13)16-8-12(9-18(24)26-3)4-7-17(16)25-2/h4-8,10,23H,9,11H2,1-3H3. The van der Waals surface area contributed by atoms with Crippen molar-refractivity contribution in [2.45, 2.75) is 19.1 Å². The summed E-state index contributed by atoms with van der Waals surface area (Å²) >= 11 is 0. The second-order valence-electron chi connectivity index (χ2n) is 5.69. The summed E-state index contributed by atoms with van der Waals surface area (Å²) in [5.41, 5.74) is 1.68. The van der Waals surface area contributed by atoms with Gasteiger partial charge in [0.25, 0.3) is 0 Å². The molecule has 0 aliphatic carbocycles. The van der Waals surface area contributed by atoms with Gasteiger partial charge >= 0.3 is 12.1 Å². The van der Waals surface area contributed by atoms with Crippen LogP contribution in [-0.4, -0.2) is 27.2 Å². The van der Waals surface area contributed by atoms with Crippen LogP contribution in [0.2, 0.25) is 0 Å². The number of hydrogen-bond acceptors (Lipinski definition) is 4. The van der Waals surface area contributed by atoms with E-state index in [1.807, 2.05) is 0 Å². The van der Waals surface area contributed by atoms with Crippen molar-refractivity contribution < 1.29 is 27.4 Å². The molecule has 0 saturated heterocycles. The number of ether oxygens (including phenoxy) is 2. The van der Waals surface area contributed by atoms with Crippen molar-refractivity contribution in [1.82, 2.24) is 5.32 Å². The van der Waals surface area contributed by atoms with E-state index in [4.69, 9.17) is 4.74 Å². The van der Waals surface area contributed by atoms with Crippen molar-refractivity contribution in [2.75, 3.05) is 21.3 Å². The Morgan fingerprint density at radius 2 is 1.81 bits per heavy atom. The van der Waals surface area contributed by atoms with E-state index in [0.29, 0.717) is 28.0 Å². The summed E-state index contributed by atoms with van der Waals surface area (Å²) in [7, 11) is 4.45. The molecule has 0 saturated carbocycles. The van der Waals surface area contributed by atoms with Gasteiger partial charge in [0.1, 0.15) is 5.75 Å². The molecule has 0 amide bonds. The minimum atomic E-state index is -4.42. The number of rotatable bonds is 6. The molecule has 0 unspecified atom stereocenters. The van der Waals surface area contributed by atoms with Crippen LogP contribution in [0.4, 0.5) is 13.2 Å². The number of methoxy groups -OCH3 is 2. The molecule has 2 rings (SSSR count). The van der Waals surface area contributed by atoms with Crippen molar-refractivity contribution >= 4 is 5.97 Å². The molecule has 2 aromatic rings. The lowest BCUT2D eigenvalue weighted by molar-refractivity contribution is -0.140. The third-order valence-corrected chi connectivity index (χ3v) is 3.93. The van der Waals surface area contributed by atoms with E-state index in [-0.39, 0.29) is 13.0 Å². The first-order valence-electron chi connectivity index (χ1n) is 7.89. The summed E-state index contributed by atoms with van der Waals surface area (Å²) in [5, 5.41) is 2.88. The van der Waals surface area contributed by atoms with Crippen LogP contribution in [0.3, 0.4) is 0 Å². The van der Waals surface area contributed by atoms with E-state index in [1.165, 1.54) is 20.3 Å². The van der Waals surface area contributed by atoms with Crippen molar-refractivity contribution in [3.05, 3.63) is 53.1 Å². The Bertz CT molecular complexity index is 788. The molecule has 7 heteroatoms. The van der Waals surface area contributed by atoms with Crippen LogP contribution in [0.1, 0.15) is 16.7 Å². The summed E-state index contributed by atoms with van der Waals surface area (Å²) in [6.45, 7) is 0.254. The maximum absolute atomic E-state index is 13.0. The quantitative estimate of drug-likeness (QED) is 0.789. The summed E-state index contributed by atoms with van der Waals surface area (Å²) in [5.74, 6) is 0.111. The van der Waals surface area contributed by atoms with Gasteiger partial charge in [-0.15, -0.1) is 0 Å². The molecule has 0 radical (unpaired) electrons. The second kappa shape index (κ2) is 8.23. The van der Waals surface area contributed by atoms with Gasteiger partial charge in [-0.1, -0.05) is 12.1 Å². The number of carbonyl (C=O) groups excluding carboxylic acids is 1. The number of esters is 1. The first-order chi connectivity index (χ1) is 12.3. The zero-order valence-electron chi connectivity index (χ0n) is 14.7. The van der Waals surface area contributed by atoms with Gasteiger partial charge in [0, 0.05) is 12.1 Å². The maximum Gasteiger partial charge on any atom is 0.416 e. The fraction of sp³-hybridized carbons (Fsp3) is 0.316. The van der Waals surface area contributed by atoms with E-state index in [0.717, 1.165) is 12.1 Å². The Hall–Kier alpha value is -2.54. The highest BCUT2D eigenvalue weighted by atomic mass is 19.4. The van der Waals surface area contributed by atoms with Crippen molar-refractivity contribution in [3.8, 4) is 16.9 Å². The van der Waals surface area contributed by atoms with Gasteiger partial charge in [-0.2, -0.15) is 13.2 Å². The second-order valence-corrected chi connectivity index (χ2v) is 5.69. The molecule has 0 atom stereocenters. The van der Waals surface area contributed by atoms with Crippen molar-refractivity contribution in [2.24, 2.45) is 0 Å².